The maximum absolute atomic E-state index is 5.57. The molecule has 0 radical (unpaired) electrons. The lowest BCUT2D eigenvalue weighted by molar-refractivity contribution is 1.54. The first-order valence-electron chi connectivity index (χ1n) is 3.84. The van der Waals surface area contributed by atoms with E-state index in [1.807, 2.05) is 43.3 Å². The van der Waals surface area contributed by atoms with Crippen LogP contribution in [0, 0.1) is 0 Å². The SMILES string of the molecule is C/C=C\C=Nc1cccc(N)c1. The Labute approximate surface area is 72.4 Å². The molecule has 2 heteroatoms. The minimum atomic E-state index is 0.741. The van der Waals surface area contributed by atoms with Gasteiger partial charge in [-0.2, -0.15) is 0 Å². The molecule has 2 N–H and O–H groups in total. The Kier molecular flexibility index (Phi) is 3.08. The Bertz CT molecular complexity index is 300. The van der Waals surface area contributed by atoms with Gasteiger partial charge >= 0.3 is 0 Å². The highest BCUT2D eigenvalue weighted by molar-refractivity contribution is 5.74. The number of rotatable bonds is 2. The minimum Gasteiger partial charge on any atom is -0.399 e. The Morgan fingerprint density at radius 2 is 2.25 bits per heavy atom. The number of hydrogen-bond acceptors (Lipinski definition) is 2. The minimum absolute atomic E-state index is 0.741. The van der Waals surface area contributed by atoms with Crippen LogP contribution < -0.4 is 5.73 Å². The van der Waals surface area contributed by atoms with E-state index in [2.05, 4.69) is 4.99 Å². The topological polar surface area (TPSA) is 38.4 Å². The summed E-state index contributed by atoms with van der Waals surface area (Å²) in [5.41, 5.74) is 7.19. The standard InChI is InChI=1S/C10H12N2/c1-2-3-7-12-10-6-4-5-9(11)8-10/h2-8H,11H2,1H3/b3-2-,12-7?. The first kappa shape index (κ1) is 8.53. The molecule has 0 aromatic heterocycles. The van der Waals surface area contributed by atoms with Crippen molar-refractivity contribution in [1.82, 2.24) is 0 Å². The van der Waals surface area contributed by atoms with Gasteiger partial charge in [0.15, 0.2) is 0 Å². The highest BCUT2D eigenvalue weighted by atomic mass is 14.7. The molecule has 0 aliphatic rings. The molecule has 0 fully saturated rings. The zero-order valence-electron chi connectivity index (χ0n) is 7.07. The van der Waals surface area contributed by atoms with Crippen LogP contribution in [-0.2, 0) is 0 Å². The molecule has 0 bridgehead atoms. The van der Waals surface area contributed by atoms with E-state index in [1.54, 1.807) is 6.21 Å². The fourth-order valence-corrected chi connectivity index (χ4v) is 0.820. The monoisotopic (exact) mass is 160 g/mol. The average Bonchev–Trinajstić information content (AvgIpc) is 2.05. The van der Waals surface area contributed by atoms with Gasteiger partial charge in [-0.05, 0) is 31.2 Å². The number of nitrogen functional groups attached to an aromatic ring is 1. The molecule has 0 spiro atoms. The van der Waals surface area contributed by atoms with Gasteiger partial charge in [0.1, 0.15) is 0 Å². The second kappa shape index (κ2) is 4.34. The number of anilines is 1. The number of aliphatic imine (C=N–C) groups is 1. The van der Waals surface area contributed by atoms with Crippen molar-refractivity contribution in [3.05, 3.63) is 36.4 Å². The van der Waals surface area contributed by atoms with Crippen LogP contribution in [0.5, 0.6) is 0 Å². The summed E-state index contributed by atoms with van der Waals surface area (Å²) in [6.07, 6.45) is 5.55. The fraction of sp³-hybridized carbons (Fsp3) is 0.100. The van der Waals surface area contributed by atoms with Crippen molar-refractivity contribution in [2.24, 2.45) is 4.99 Å². The summed E-state index contributed by atoms with van der Waals surface area (Å²) in [6.45, 7) is 1.95. The predicted molar refractivity (Wildman–Crippen MR) is 53.8 cm³/mol. The first-order chi connectivity index (χ1) is 5.83. The van der Waals surface area contributed by atoms with Crippen LogP contribution in [0.1, 0.15) is 6.92 Å². The van der Waals surface area contributed by atoms with Crippen LogP contribution in [0.25, 0.3) is 0 Å². The normalized spacial score (nSPS) is 11.4. The molecule has 1 aromatic rings. The Morgan fingerprint density at radius 1 is 1.42 bits per heavy atom. The molecule has 12 heavy (non-hydrogen) atoms. The fourth-order valence-electron chi connectivity index (χ4n) is 0.820. The van der Waals surface area contributed by atoms with Crippen molar-refractivity contribution in [3.8, 4) is 0 Å². The van der Waals surface area contributed by atoms with Gasteiger partial charge in [0, 0.05) is 11.9 Å². The van der Waals surface area contributed by atoms with Crippen molar-refractivity contribution >= 4 is 17.6 Å². The summed E-state index contributed by atoms with van der Waals surface area (Å²) in [4.78, 5) is 4.16. The lowest BCUT2D eigenvalue weighted by Gasteiger charge is -1.93. The second-order valence-corrected chi connectivity index (χ2v) is 2.40. The largest absolute Gasteiger partial charge is 0.399 e. The molecule has 0 aliphatic carbocycles. The maximum atomic E-state index is 5.57. The molecule has 2 nitrogen and oxygen atoms in total. The van der Waals surface area contributed by atoms with E-state index in [-0.39, 0.29) is 0 Å². The van der Waals surface area contributed by atoms with Gasteiger partial charge in [-0.3, -0.25) is 4.99 Å². The second-order valence-electron chi connectivity index (χ2n) is 2.40. The molecule has 0 unspecified atom stereocenters. The first-order valence-corrected chi connectivity index (χ1v) is 3.84. The number of nitrogens with two attached hydrogens (primary N) is 1. The lowest BCUT2D eigenvalue weighted by Crippen LogP contribution is -1.81. The van der Waals surface area contributed by atoms with Crippen molar-refractivity contribution in [1.29, 1.82) is 0 Å². The van der Waals surface area contributed by atoms with Crippen LogP contribution >= 0.6 is 0 Å². The maximum Gasteiger partial charge on any atom is 0.0650 e. The van der Waals surface area contributed by atoms with Gasteiger partial charge < -0.3 is 5.73 Å². The van der Waals surface area contributed by atoms with Crippen LogP contribution in [0.15, 0.2) is 41.4 Å². The van der Waals surface area contributed by atoms with Crippen LogP contribution in [0.4, 0.5) is 11.4 Å². The van der Waals surface area contributed by atoms with Crippen LogP contribution in [-0.4, -0.2) is 6.21 Å². The zero-order valence-corrected chi connectivity index (χ0v) is 7.07. The van der Waals surface area contributed by atoms with E-state index >= 15 is 0 Å². The summed E-state index contributed by atoms with van der Waals surface area (Å²) in [5, 5.41) is 0. The quantitative estimate of drug-likeness (QED) is 0.524. The molecule has 1 rings (SSSR count). The van der Waals surface area contributed by atoms with E-state index < -0.39 is 0 Å². The third kappa shape index (κ3) is 2.58. The third-order valence-electron chi connectivity index (χ3n) is 1.37. The summed E-state index contributed by atoms with van der Waals surface area (Å²) in [6, 6.07) is 7.47. The smallest absolute Gasteiger partial charge is 0.0650 e. The van der Waals surface area contributed by atoms with Crippen LogP contribution in [0.2, 0.25) is 0 Å². The molecular formula is C10H12N2. The highest BCUT2D eigenvalue weighted by Gasteiger charge is 1.86. The molecule has 0 heterocycles. The average molecular weight is 160 g/mol. The Hall–Kier alpha value is -1.57. The van der Waals surface area contributed by atoms with Gasteiger partial charge in [-0.1, -0.05) is 12.1 Å². The third-order valence-corrected chi connectivity index (χ3v) is 1.37. The van der Waals surface area contributed by atoms with E-state index in [1.165, 1.54) is 0 Å². The molecule has 0 amide bonds. The zero-order chi connectivity index (χ0) is 8.81. The molecule has 62 valence electrons. The van der Waals surface area contributed by atoms with Gasteiger partial charge in [0.2, 0.25) is 0 Å². The van der Waals surface area contributed by atoms with Crippen molar-refractivity contribution < 1.29 is 0 Å². The van der Waals surface area contributed by atoms with E-state index in [0.29, 0.717) is 0 Å². The predicted octanol–water partition coefficient (Wildman–Crippen LogP) is 2.55. The van der Waals surface area contributed by atoms with E-state index in [0.717, 1.165) is 11.4 Å². The Balaban J connectivity index is 2.76. The van der Waals surface area contributed by atoms with E-state index in [9.17, 15) is 0 Å². The summed E-state index contributed by atoms with van der Waals surface area (Å²) in [5.74, 6) is 0. The molecule has 1 aromatic carbocycles. The Morgan fingerprint density at radius 3 is 2.92 bits per heavy atom. The van der Waals surface area contributed by atoms with Crippen molar-refractivity contribution in [2.75, 3.05) is 5.73 Å². The molecular weight excluding hydrogens is 148 g/mol. The summed E-state index contributed by atoms with van der Waals surface area (Å²) < 4.78 is 0. The van der Waals surface area contributed by atoms with Crippen LogP contribution in [0.3, 0.4) is 0 Å². The number of nitrogens with zero attached hydrogens (tertiary/aromatic N) is 1. The lowest BCUT2D eigenvalue weighted by atomic mass is 10.3. The number of allylic oxidation sites excluding steroid dienone is 2. The molecule has 0 saturated heterocycles. The van der Waals surface area contributed by atoms with E-state index in [4.69, 9.17) is 5.73 Å². The van der Waals surface area contributed by atoms with Gasteiger partial charge in [0.25, 0.3) is 0 Å². The number of benzene rings is 1. The highest BCUT2D eigenvalue weighted by Crippen LogP contribution is 2.14. The molecule has 0 atom stereocenters. The molecule has 0 saturated carbocycles. The molecule has 0 aliphatic heterocycles. The number of hydrogen-bond donors (Lipinski definition) is 1. The summed E-state index contributed by atoms with van der Waals surface area (Å²) in [7, 11) is 0. The van der Waals surface area contributed by atoms with Crippen molar-refractivity contribution in [2.45, 2.75) is 6.92 Å². The van der Waals surface area contributed by atoms with Crippen molar-refractivity contribution in [3.63, 3.8) is 0 Å². The van der Waals surface area contributed by atoms with Gasteiger partial charge in [-0.25, -0.2) is 0 Å². The summed E-state index contributed by atoms with van der Waals surface area (Å²) >= 11 is 0. The van der Waals surface area contributed by atoms with Gasteiger partial charge in [0.05, 0.1) is 5.69 Å². The van der Waals surface area contributed by atoms with Gasteiger partial charge in [-0.15, -0.1) is 0 Å².